The van der Waals surface area contributed by atoms with Crippen LogP contribution >= 0.6 is 23.6 Å². The zero-order valence-corrected chi connectivity index (χ0v) is 13.6. The van der Waals surface area contributed by atoms with Crippen molar-refractivity contribution in [2.45, 2.75) is 13.8 Å². The third-order valence-corrected chi connectivity index (χ3v) is 4.61. The molecule has 1 aliphatic rings. The van der Waals surface area contributed by atoms with E-state index in [-0.39, 0.29) is 11.7 Å². The molecular weight excluding hydrogens is 319 g/mol. The Balaban J connectivity index is 1.94. The topological polar surface area (TPSA) is 32.3 Å². The van der Waals surface area contributed by atoms with Crippen LogP contribution in [0.2, 0.25) is 0 Å². The highest BCUT2D eigenvalue weighted by atomic mass is 32.1. The van der Waals surface area contributed by atoms with Gasteiger partial charge in [-0.2, -0.15) is 0 Å². The molecule has 0 unspecified atom stereocenters. The number of aryl methyl sites for hydroxylation is 2. The minimum atomic E-state index is -0.352. The number of rotatable bonds is 2. The van der Waals surface area contributed by atoms with E-state index < -0.39 is 0 Å². The van der Waals surface area contributed by atoms with Crippen LogP contribution < -0.4 is 10.2 Å². The van der Waals surface area contributed by atoms with Crippen LogP contribution in [0.5, 0.6) is 0 Å². The Morgan fingerprint density at radius 3 is 2.55 bits per heavy atom. The lowest BCUT2D eigenvalue weighted by atomic mass is 10.2. The van der Waals surface area contributed by atoms with Crippen molar-refractivity contribution in [3.63, 3.8) is 0 Å². The number of carbonyl (C=O) groups excluding carboxylic acids is 1. The molecule has 1 aromatic heterocycles. The molecule has 0 saturated carbocycles. The Morgan fingerprint density at radius 2 is 1.95 bits per heavy atom. The van der Waals surface area contributed by atoms with Gasteiger partial charge < -0.3 is 5.32 Å². The monoisotopic (exact) mass is 332 g/mol. The average molecular weight is 332 g/mol. The third kappa shape index (κ3) is 2.67. The molecule has 0 radical (unpaired) electrons. The van der Waals surface area contributed by atoms with Gasteiger partial charge in [0.25, 0.3) is 5.91 Å². The molecule has 1 N–H and O–H groups in total. The number of anilines is 1. The van der Waals surface area contributed by atoms with Crippen molar-refractivity contribution in [1.29, 1.82) is 0 Å². The molecule has 112 valence electrons. The van der Waals surface area contributed by atoms with Crippen molar-refractivity contribution in [3.05, 3.63) is 57.2 Å². The molecule has 0 atom stereocenters. The summed E-state index contributed by atoms with van der Waals surface area (Å²) < 4.78 is 13.0. The highest BCUT2D eigenvalue weighted by molar-refractivity contribution is 7.80. The molecule has 1 aliphatic heterocycles. The maximum Gasteiger partial charge on any atom is 0.281 e. The molecule has 3 nitrogen and oxygen atoms in total. The van der Waals surface area contributed by atoms with Gasteiger partial charge in [0.2, 0.25) is 0 Å². The predicted molar refractivity (Wildman–Crippen MR) is 91.4 cm³/mol. The van der Waals surface area contributed by atoms with E-state index in [0.717, 1.165) is 10.4 Å². The molecule has 1 aromatic carbocycles. The largest absolute Gasteiger partial charge is 0.327 e. The standard InChI is InChI=1S/C16H13FN2OS2/c1-9-7-11(10(2)22-9)8-14-15(20)19(16(21)18-14)13-5-3-12(17)4-6-13/h3-8H,1-2H3,(H,18,21)/b14-8+. The first-order valence-electron chi connectivity index (χ1n) is 6.65. The molecule has 1 saturated heterocycles. The lowest BCUT2D eigenvalue weighted by molar-refractivity contribution is -0.113. The van der Waals surface area contributed by atoms with Crippen LogP contribution in [0, 0.1) is 19.7 Å². The van der Waals surface area contributed by atoms with Crippen molar-refractivity contribution in [2.24, 2.45) is 0 Å². The summed E-state index contributed by atoms with van der Waals surface area (Å²) in [6, 6.07) is 7.71. The minimum absolute atomic E-state index is 0.236. The molecule has 2 aromatic rings. The first-order valence-corrected chi connectivity index (χ1v) is 7.88. The molecular formula is C16H13FN2OS2. The summed E-state index contributed by atoms with van der Waals surface area (Å²) in [5.74, 6) is -0.589. The first kappa shape index (κ1) is 14.9. The number of thiocarbonyl (C=S) groups is 1. The number of nitrogens with one attached hydrogen (secondary N) is 1. The molecule has 6 heteroatoms. The van der Waals surface area contributed by atoms with Gasteiger partial charge in [0.15, 0.2) is 5.11 Å². The second kappa shape index (κ2) is 5.62. The van der Waals surface area contributed by atoms with Crippen LogP contribution in [0.25, 0.3) is 6.08 Å². The van der Waals surface area contributed by atoms with Crippen molar-refractivity contribution in [1.82, 2.24) is 5.32 Å². The highest BCUT2D eigenvalue weighted by Crippen LogP contribution is 2.26. The number of amides is 1. The van der Waals surface area contributed by atoms with Crippen LogP contribution in [0.4, 0.5) is 10.1 Å². The number of carbonyl (C=O) groups is 1. The summed E-state index contributed by atoms with van der Waals surface area (Å²) in [5, 5.41) is 3.23. The predicted octanol–water partition coefficient (Wildman–Crippen LogP) is 3.77. The summed E-state index contributed by atoms with van der Waals surface area (Å²) in [5.41, 5.74) is 1.97. The van der Waals surface area contributed by atoms with Crippen molar-refractivity contribution in [3.8, 4) is 0 Å². The van der Waals surface area contributed by atoms with E-state index in [4.69, 9.17) is 12.2 Å². The molecule has 3 rings (SSSR count). The SMILES string of the molecule is Cc1cc(/C=C2/NC(=S)N(c3ccc(F)cc3)C2=O)c(C)s1. The number of hydrogen-bond donors (Lipinski definition) is 1. The molecule has 0 spiro atoms. The Bertz CT molecular complexity index is 793. The number of thiophene rings is 1. The summed E-state index contributed by atoms with van der Waals surface area (Å²) in [6.07, 6.45) is 1.80. The van der Waals surface area contributed by atoms with E-state index in [1.165, 1.54) is 34.0 Å². The molecule has 1 amide bonds. The molecule has 2 heterocycles. The van der Waals surface area contributed by atoms with Gasteiger partial charge >= 0.3 is 0 Å². The Hall–Kier alpha value is -2.05. The van der Waals surface area contributed by atoms with Crippen LogP contribution in [-0.2, 0) is 4.79 Å². The average Bonchev–Trinajstić information content (AvgIpc) is 2.92. The van der Waals surface area contributed by atoms with Gasteiger partial charge in [0.1, 0.15) is 11.5 Å². The molecule has 1 fully saturated rings. The summed E-state index contributed by atoms with van der Waals surface area (Å²) in [7, 11) is 0. The number of nitrogens with zero attached hydrogens (tertiary/aromatic N) is 1. The van der Waals surface area contributed by atoms with Gasteiger partial charge in [-0.1, -0.05) is 0 Å². The van der Waals surface area contributed by atoms with Gasteiger partial charge in [-0.05, 0) is 68.0 Å². The Morgan fingerprint density at radius 1 is 1.27 bits per heavy atom. The van der Waals surface area contributed by atoms with E-state index in [1.54, 1.807) is 17.4 Å². The smallest absolute Gasteiger partial charge is 0.281 e. The highest BCUT2D eigenvalue weighted by Gasteiger charge is 2.32. The third-order valence-electron chi connectivity index (χ3n) is 3.34. The van der Waals surface area contributed by atoms with Crippen molar-refractivity contribution in [2.75, 3.05) is 4.90 Å². The van der Waals surface area contributed by atoms with Gasteiger partial charge in [0, 0.05) is 9.75 Å². The number of halogens is 1. The first-order chi connectivity index (χ1) is 10.5. The Labute approximate surface area is 137 Å². The number of hydrogen-bond acceptors (Lipinski definition) is 3. The quantitative estimate of drug-likeness (QED) is 0.671. The second-order valence-electron chi connectivity index (χ2n) is 4.97. The van der Waals surface area contributed by atoms with E-state index in [2.05, 4.69) is 5.32 Å². The van der Waals surface area contributed by atoms with Gasteiger partial charge in [-0.3, -0.25) is 9.69 Å². The van der Waals surface area contributed by atoms with Crippen LogP contribution in [0.15, 0.2) is 36.0 Å². The zero-order chi connectivity index (χ0) is 15.9. The van der Waals surface area contributed by atoms with Crippen LogP contribution in [-0.4, -0.2) is 11.0 Å². The van der Waals surface area contributed by atoms with Crippen molar-refractivity contribution >= 4 is 46.3 Å². The lowest BCUT2D eigenvalue weighted by Gasteiger charge is -2.13. The maximum atomic E-state index is 13.0. The fourth-order valence-electron chi connectivity index (χ4n) is 2.31. The fraction of sp³-hybridized carbons (Fsp3) is 0.125. The molecule has 0 bridgehead atoms. The van der Waals surface area contributed by atoms with Gasteiger partial charge in [-0.25, -0.2) is 4.39 Å². The maximum absolute atomic E-state index is 13.0. The van der Waals surface area contributed by atoms with Gasteiger partial charge in [0.05, 0.1) is 5.69 Å². The second-order valence-corrected chi connectivity index (χ2v) is 6.82. The zero-order valence-electron chi connectivity index (χ0n) is 12.0. The van der Waals surface area contributed by atoms with E-state index in [9.17, 15) is 9.18 Å². The Kier molecular flexibility index (Phi) is 3.80. The van der Waals surface area contributed by atoms with Gasteiger partial charge in [-0.15, -0.1) is 11.3 Å². The van der Waals surface area contributed by atoms with E-state index >= 15 is 0 Å². The van der Waals surface area contributed by atoms with E-state index in [1.807, 2.05) is 19.9 Å². The minimum Gasteiger partial charge on any atom is -0.327 e. The normalized spacial score (nSPS) is 16.5. The lowest BCUT2D eigenvalue weighted by Crippen LogP contribution is -2.30. The molecule has 22 heavy (non-hydrogen) atoms. The van der Waals surface area contributed by atoms with Crippen LogP contribution in [0.3, 0.4) is 0 Å². The van der Waals surface area contributed by atoms with Crippen molar-refractivity contribution < 1.29 is 9.18 Å². The summed E-state index contributed by atoms with van der Waals surface area (Å²) in [6.45, 7) is 4.04. The van der Waals surface area contributed by atoms with Crippen LogP contribution in [0.1, 0.15) is 15.3 Å². The molecule has 0 aliphatic carbocycles. The summed E-state index contributed by atoms with van der Waals surface area (Å²) in [4.78, 5) is 16.2. The fourth-order valence-corrected chi connectivity index (χ4v) is 3.51. The summed E-state index contributed by atoms with van der Waals surface area (Å²) >= 11 is 6.91. The van der Waals surface area contributed by atoms with E-state index in [0.29, 0.717) is 16.5 Å². The number of benzene rings is 1.